The summed E-state index contributed by atoms with van der Waals surface area (Å²) in [6.45, 7) is 7.47. The molecule has 1 saturated heterocycles. The fourth-order valence-electron chi connectivity index (χ4n) is 3.60. The summed E-state index contributed by atoms with van der Waals surface area (Å²) in [4.78, 5) is 33.7. The van der Waals surface area contributed by atoms with Gasteiger partial charge in [-0.25, -0.2) is 4.98 Å². The molecule has 132 valence electrons. The van der Waals surface area contributed by atoms with Crippen molar-refractivity contribution < 1.29 is 9.59 Å². The van der Waals surface area contributed by atoms with Gasteiger partial charge >= 0.3 is 0 Å². The Morgan fingerprint density at radius 3 is 3.00 bits per heavy atom. The predicted octanol–water partition coefficient (Wildman–Crippen LogP) is 0.462. The number of aromatic nitrogens is 2. The first kappa shape index (κ1) is 17.0. The Bertz CT molecular complexity index is 637. The molecule has 0 unspecified atom stereocenters. The van der Waals surface area contributed by atoms with Crippen molar-refractivity contribution in [1.82, 2.24) is 20.2 Å². The number of carbonyl (C=O) groups excluding carboxylic acids is 2. The maximum absolute atomic E-state index is 12.2. The highest BCUT2D eigenvalue weighted by Crippen LogP contribution is 2.25. The van der Waals surface area contributed by atoms with Crippen molar-refractivity contribution in [1.29, 1.82) is 0 Å². The van der Waals surface area contributed by atoms with Crippen LogP contribution in [0.4, 0.5) is 0 Å². The second kappa shape index (κ2) is 6.55. The molecule has 7 nitrogen and oxygen atoms in total. The predicted molar refractivity (Wildman–Crippen MR) is 90.5 cm³/mol. The van der Waals surface area contributed by atoms with E-state index < -0.39 is 0 Å². The lowest BCUT2D eigenvalue weighted by Crippen LogP contribution is -2.41. The number of imidazole rings is 1. The number of hydrogen-bond donors (Lipinski definition) is 3. The maximum atomic E-state index is 12.2. The quantitative estimate of drug-likeness (QED) is 0.744. The maximum Gasteiger partial charge on any atom is 0.271 e. The summed E-state index contributed by atoms with van der Waals surface area (Å²) in [5.74, 6) is 0.501. The second-order valence-corrected chi connectivity index (χ2v) is 7.83. The third-order valence-electron chi connectivity index (χ3n) is 5.00. The van der Waals surface area contributed by atoms with Crippen molar-refractivity contribution in [3.05, 3.63) is 17.2 Å². The van der Waals surface area contributed by atoms with E-state index in [0.29, 0.717) is 12.2 Å². The van der Waals surface area contributed by atoms with Gasteiger partial charge in [-0.05, 0) is 31.2 Å². The van der Waals surface area contributed by atoms with Crippen LogP contribution in [0.2, 0.25) is 0 Å². The Balaban J connectivity index is 1.64. The average molecular weight is 333 g/mol. The normalized spacial score (nSPS) is 24.1. The number of hydrogen-bond acceptors (Lipinski definition) is 4. The van der Waals surface area contributed by atoms with Gasteiger partial charge < -0.3 is 20.9 Å². The van der Waals surface area contributed by atoms with Crippen LogP contribution in [0.1, 0.15) is 48.7 Å². The minimum absolute atomic E-state index is 0.0201. The van der Waals surface area contributed by atoms with Gasteiger partial charge in [0.2, 0.25) is 5.91 Å². The van der Waals surface area contributed by atoms with Crippen LogP contribution >= 0.6 is 0 Å². The van der Waals surface area contributed by atoms with Crippen molar-refractivity contribution >= 4 is 11.8 Å². The second-order valence-electron chi connectivity index (χ2n) is 7.83. The van der Waals surface area contributed by atoms with E-state index in [-0.39, 0.29) is 23.1 Å². The number of amides is 2. The molecule has 7 heteroatoms. The summed E-state index contributed by atoms with van der Waals surface area (Å²) < 4.78 is 0. The highest BCUT2D eigenvalue weighted by atomic mass is 16.2. The number of carbonyl (C=O) groups is 2. The van der Waals surface area contributed by atoms with Crippen LogP contribution in [0.15, 0.2) is 0 Å². The van der Waals surface area contributed by atoms with Crippen LogP contribution in [-0.2, 0) is 17.6 Å². The Labute approximate surface area is 142 Å². The Morgan fingerprint density at radius 2 is 2.25 bits per heavy atom. The minimum atomic E-state index is -0.205. The molecule has 3 rings (SSSR count). The van der Waals surface area contributed by atoms with Gasteiger partial charge in [0.05, 0.1) is 5.92 Å². The highest BCUT2D eigenvalue weighted by molar-refractivity contribution is 5.93. The number of nitrogens with one attached hydrogen (secondary N) is 2. The summed E-state index contributed by atoms with van der Waals surface area (Å²) in [6.07, 6.45) is 3.43. The van der Waals surface area contributed by atoms with Crippen LogP contribution < -0.4 is 11.1 Å². The molecule has 2 amide bonds. The number of likely N-dealkylation sites (tertiary alicyclic amines) is 1. The summed E-state index contributed by atoms with van der Waals surface area (Å²) in [6, 6.07) is 0. The number of aromatic amines is 1. The van der Waals surface area contributed by atoms with Gasteiger partial charge in [-0.15, -0.1) is 0 Å². The van der Waals surface area contributed by atoms with E-state index in [2.05, 4.69) is 34.0 Å². The van der Waals surface area contributed by atoms with Crippen LogP contribution in [0, 0.1) is 11.3 Å². The van der Waals surface area contributed by atoms with Gasteiger partial charge in [-0.1, -0.05) is 13.8 Å². The molecule has 2 aliphatic rings. The fraction of sp³-hybridized carbons (Fsp3) is 0.706. The highest BCUT2D eigenvalue weighted by Gasteiger charge is 2.30. The van der Waals surface area contributed by atoms with E-state index in [9.17, 15) is 9.59 Å². The van der Waals surface area contributed by atoms with Crippen molar-refractivity contribution in [3.63, 3.8) is 0 Å². The molecular formula is C17H27N5O2. The minimum Gasteiger partial charge on any atom is -0.369 e. The van der Waals surface area contributed by atoms with Crippen LogP contribution in [-0.4, -0.2) is 52.9 Å². The molecule has 2 aliphatic heterocycles. The van der Waals surface area contributed by atoms with Crippen LogP contribution in [0.5, 0.6) is 0 Å². The smallest absolute Gasteiger partial charge is 0.271 e. The largest absolute Gasteiger partial charge is 0.369 e. The number of primary amides is 1. The van der Waals surface area contributed by atoms with Crippen molar-refractivity contribution in [2.24, 2.45) is 17.1 Å². The van der Waals surface area contributed by atoms with E-state index >= 15 is 0 Å². The van der Waals surface area contributed by atoms with Gasteiger partial charge in [0, 0.05) is 31.7 Å². The van der Waals surface area contributed by atoms with Gasteiger partial charge in [0.15, 0.2) is 0 Å². The first-order valence-electron chi connectivity index (χ1n) is 8.72. The number of rotatable bonds is 4. The molecule has 4 N–H and O–H groups in total. The molecule has 0 aromatic carbocycles. The third kappa shape index (κ3) is 3.77. The number of H-pyrrole nitrogens is 1. The Kier molecular flexibility index (Phi) is 4.62. The van der Waals surface area contributed by atoms with Crippen LogP contribution in [0.3, 0.4) is 0 Å². The lowest BCUT2D eigenvalue weighted by atomic mass is 9.88. The lowest BCUT2D eigenvalue weighted by molar-refractivity contribution is -0.123. The topological polar surface area (TPSA) is 104 Å². The summed E-state index contributed by atoms with van der Waals surface area (Å²) >= 11 is 0. The van der Waals surface area contributed by atoms with E-state index in [4.69, 9.17) is 5.73 Å². The van der Waals surface area contributed by atoms with Crippen molar-refractivity contribution in [2.75, 3.05) is 26.2 Å². The van der Waals surface area contributed by atoms with E-state index in [1.54, 1.807) is 0 Å². The molecule has 0 radical (unpaired) electrons. The SMILES string of the molecule is CC1(C)CNC(=O)c2nc(CCN3CCC[C@@H](C(N)=O)C3)[nH]c2C1. The molecular weight excluding hydrogens is 306 g/mol. The molecule has 0 bridgehead atoms. The monoisotopic (exact) mass is 333 g/mol. The Hall–Kier alpha value is -1.89. The van der Waals surface area contributed by atoms with E-state index in [0.717, 1.165) is 56.8 Å². The summed E-state index contributed by atoms with van der Waals surface area (Å²) in [5, 5.41) is 2.94. The number of nitrogens with two attached hydrogens (primary N) is 1. The first-order valence-corrected chi connectivity index (χ1v) is 8.72. The Morgan fingerprint density at radius 1 is 1.46 bits per heavy atom. The van der Waals surface area contributed by atoms with Gasteiger partial charge in [-0.2, -0.15) is 0 Å². The van der Waals surface area contributed by atoms with Crippen molar-refractivity contribution in [2.45, 2.75) is 39.5 Å². The molecule has 3 heterocycles. The molecule has 0 aliphatic carbocycles. The summed E-state index contributed by atoms with van der Waals surface area (Å²) in [5.41, 5.74) is 6.91. The fourth-order valence-corrected chi connectivity index (χ4v) is 3.60. The standard InChI is InChI=1S/C17H27N5O2/c1-17(2)8-12-14(16(24)19-10-17)21-13(20-12)5-7-22-6-3-4-11(9-22)15(18)23/h11H,3-10H2,1-2H3,(H2,18,23)(H,19,24)(H,20,21)/t11-/m1/s1. The zero-order valence-electron chi connectivity index (χ0n) is 14.5. The molecule has 1 fully saturated rings. The zero-order chi connectivity index (χ0) is 17.3. The van der Waals surface area contributed by atoms with Crippen molar-refractivity contribution in [3.8, 4) is 0 Å². The molecule has 1 aromatic heterocycles. The van der Waals surface area contributed by atoms with E-state index in [1.807, 2.05) is 0 Å². The number of piperidine rings is 1. The zero-order valence-corrected chi connectivity index (χ0v) is 14.5. The van der Waals surface area contributed by atoms with Gasteiger partial charge in [0.25, 0.3) is 5.91 Å². The third-order valence-corrected chi connectivity index (χ3v) is 5.00. The molecule has 1 atom stereocenters. The van der Waals surface area contributed by atoms with E-state index in [1.165, 1.54) is 0 Å². The first-order chi connectivity index (χ1) is 11.3. The summed E-state index contributed by atoms with van der Waals surface area (Å²) in [7, 11) is 0. The molecule has 1 aromatic rings. The molecule has 0 saturated carbocycles. The van der Waals surface area contributed by atoms with Gasteiger partial charge in [-0.3, -0.25) is 9.59 Å². The molecule has 0 spiro atoms. The average Bonchev–Trinajstić information content (AvgIpc) is 2.88. The molecule has 24 heavy (non-hydrogen) atoms. The van der Waals surface area contributed by atoms with Crippen LogP contribution in [0.25, 0.3) is 0 Å². The number of nitrogens with zero attached hydrogens (tertiary/aromatic N) is 2. The lowest BCUT2D eigenvalue weighted by Gasteiger charge is -2.30. The number of fused-ring (bicyclic) bond motifs is 1. The van der Waals surface area contributed by atoms with Gasteiger partial charge in [0.1, 0.15) is 11.5 Å².